The zero-order chi connectivity index (χ0) is 14.0. The molecule has 1 saturated carbocycles. The van der Waals surface area contributed by atoms with Crippen molar-refractivity contribution in [1.82, 2.24) is 5.32 Å². The zero-order valence-electron chi connectivity index (χ0n) is 12.6. The van der Waals surface area contributed by atoms with Gasteiger partial charge in [-0.3, -0.25) is 0 Å². The summed E-state index contributed by atoms with van der Waals surface area (Å²) < 4.78 is 14.4. The first-order valence-corrected chi connectivity index (χ1v) is 7.54. The lowest BCUT2D eigenvalue weighted by molar-refractivity contribution is 0.298. The van der Waals surface area contributed by atoms with Gasteiger partial charge < -0.3 is 5.32 Å². The Morgan fingerprint density at radius 2 is 2.05 bits per heavy atom. The Bertz CT molecular complexity index is 418. The highest BCUT2D eigenvalue weighted by Crippen LogP contribution is 2.41. The molecule has 1 fully saturated rings. The van der Waals surface area contributed by atoms with E-state index in [1.54, 1.807) is 6.07 Å². The molecule has 0 spiro atoms. The quantitative estimate of drug-likeness (QED) is 0.841. The molecule has 0 aliphatic heterocycles. The molecule has 0 bridgehead atoms. The van der Waals surface area contributed by atoms with Crippen LogP contribution in [0.1, 0.15) is 55.8 Å². The van der Waals surface area contributed by atoms with Crippen LogP contribution >= 0.6 is 0 Å². The summed E-state index contributed by atoms with van der Waals surface area (Å²) in [6.07, 6.45) is 3.77. The standard InChI is InChI=1S/C17H26FN/c1-5-19-17(14-8-6-7-12(14)3)16-13(4)9-11(2)10-15(16)18/h9-10,12,14,17,19H,5-8H2,1-4H3. The van der Waals surface area contributed by atoms with Gasteiger partial charge in [0, 0.05) is 11.6 Å². The average Bonchev–Trinajstić information content (AvgIpc) is 2.73. The molecule has 0 saturated heterocycles. The summed E-state index contributed by atoms with van der Waals surface area (Å²) in [5.41, 5.74) is 2.99. The molecule has 2 heteroatoms. The molecule has 1 aromatic carbocycles. The fraction of sp³-hybridized carbons (Fsp3) is 0.647. The smallest absolute Gasteiger partial charge is 0.128 e. The summed E-state index contributed by atoms with van der Waals surface area (Å²) in [4.78, 5) is 0. The van der Waals surface area contributed by atoms with Gasteiger partial charge in [0.1, 0.15) is 5.82 Å². The van der Waals surface area contributed by atoms with Gasteiger partial charge in [-0.05, 0) is 55.8 Å². The van der Waals surface area contributed by atoms with E-state index >= 15 is 0 Å². The van der Waals surface area contributed by atoms with Crippen LogP contribution in [0.15, 0.2) is 12.1 Å². The van der Waals surface area contributed by atoms with Gasteiger partial charge in [0.25, 0.3) is 0 Å². The fourth-order valence-electron chi connectivity index (χ4n) is 3.68. The Morgan fingerprint density at radius 1 is 1.32 bits per heavy atom. The molecular formula is C17H26FN. The van der Waals surface area contributed by atoms with E-state index in [0.717, 1.165) is 23.2 Å². The Hall–Kier alpha value is -0.890. The number of benzene rings is 1. The third-order valence-corrected chi connectivity index (χ3v) is 4.57. The maximum atomic E-state index is 14.4. The first kappa shape index (κ1) is 14.5. The van der Waals surface area contributed by atoms with Gasteiger partial charge in [-0.25, -0.2) is 4.39 Å². The average molecular weight is 263 g/mol. The number of halogens is 1. The van der Waals surface area contributed by atoms with Gasteiger partial charge in [-0.1, -0.05) is 32.8 Å². The van der Waals surface area contributed by atoms with Crippen molar-refractivity contribution >= 4 is 0 Å². The van der Waals surface area contributed by atoms with Crippen molar-refractivity contribution in [3.8, 4) is 0 Å². The molecule has 0 heterocycles. The van der Waals surface area contributed by atoms with Gasteiger partial charge in [-0.15, -0.1) is 0 Å². The minimum Gasteiger partial charge on any atom is -0.310 e. The summed E-state index contributed by atoms with van der Waals surface area (Å²) in [6, 6.07) is 3.94. The summed E-state index contributed by atoms with van der Waals surface area (Å²) in [5.74, 6) is 1.21. The van der Waals surface area contributed by atoms with Crippen LogP contribution in [0.5, 0.6) is 0 Å². The van der Waals surface area contributed by atoms with Crippen LogP contribution in [-0.4, -0.2) is 6.54 Å². The predicted molar refractivity (Wildman–Crippen MR) is 78.8 cm³/mol. The molecule has 3 atom stereocenters. The third-order valence-electron chi connectivity index (χ3n) is 4.57. The SMILES string of the molecule is CCNC(c1c(C)cc(C)cc1F)C1CCCC1C. The molecule has 1 nitrogen and oxygen atoms in total. The maximum Gasteiger partial charge on any atom is 0.128 e. The van der Waals surface area contributed by atoms with Gasteiger partial charge >= 0.3 is 0 Å². The molecule has 2 rings (SSSR count). The predicted octanol–water partition coefficient (Wildman–Crippen LogP) is 4.53. The van der Waals surface area contributed by atoms with E-state index in [9.17, 15) is 4.39 Å². The maximum absolute atomic E-state index is 14.4. The van der Waals surface area contributed by atoms with Crippen LogP contribution in [0.25, 0.3) is 0 Å². The lowest BCUT2D eigenvalue weighted by Gasteiger charge is -2.30. The fourth-order valence-corrected chi connectivity index (χ4v) is 3.68. The molecule has 1 aliphatic carbocycles. The Morgan fingerprint density at radius 3 is 2.58 bits per heavy atom. The van der Waals surface area contributed by atoms with E-state index in [-0.39, 0.29) is 11.9 Å². The molecule has 106 valence electrons. The molecule has 3 unspecified atom stereocenters. The van der Waals surface area contributed by atoms with E-state index in [0.29, 0.717) is 11.8 Å². The van der Waals surface area contributed by atoms with Crippen molar-refractivity contribution in [3.05, 3.63) is 34.6 Å². The normalized spacial score (nSPS) is 24.7. The van der Waals surface area contributed by atoms with Crippen molar-refractivity contribution in [3.63, 3.8) is 0 Å². The molecule has 1 N–H and O–H groups in total. The van der Waals surface area contributed by atoms with E-state index in [2.05, 4.69) is 25.2 Å². The molecule has 0 aromatic heterocycles. The molecule has 1 aliphatic rings. The molecule has 0 radical (unpaired) electrons. The highest BCUT2D eigenvalue weighted by atomic mass is 19.1. The lowest BCUT2D eigenvalue weighted by atomic mass is 9.83. The summed E-state index contributed by atoms with van der Waals surface area (Å²) in [6.45, 7) is 9.30. The third kappa shape index (κ3) is 3.00. The van der Waals surface area contributed by atoms with Crippen molar-refractivity contribution in [1.29, 1.82) is 0 Å². The van der Waals surface area contributed by atoms with Crippen LogP contribution < -0.4 is 5.32 Å². The topological polar surface area (TPSA) is 12.0 Å². The number of aryl methyl sites for hydroxylation is 2. The molecule has 19 heavy (non-hydrogen) atoms. The van der Waals surface area contributed by atoms with Crippen molar-refractivity contribution in [2.24, 2.45) is 11.8 Å². The summed E-state index contributed by atoms with van der Waals surface area (Å²) in [5, 5.41) is 3.53. The number of nitrogens with one attached hydrogen (secondary N) is 1. The van der Waals surface area contributed by atoms with Crippen molar-refractivity contribution < 1.29 is 4.39 Å². The van der Waals surface area contributed by atoms with Crippen molar-refractivity contribution in [2.45, 2.75) is 53.0 Å². The Balaban J connectivity index is 2.38. The number of hydrogen-bond acceptors (Lipinski definition) is 1. The van der Waals surface area contributed by atoms with Crippen LogP contribution in [-0.2, 0) is 0 Å². The van der Waals surface area contributed by atoms with Crippen LogP contribution in [0.2, 0.25) is 0 Å². The van der Waals surface area contributed by atoms with E-state index in [4.69, 9.17) is 0 Å². The number of hydrogen-bond donors (Lipinski definition) is 1. The monoisotopic (exact) mass is 263 g/mol. The second-order valence-electron chi connectivity index (χ2n) is 6.08. The van der Waals surface area contributed by atoms with Crippen LogP contribution in [0.4, 0.5) is 4.39 Å². The summed E-state index contributed by atoms with van der Waals surface area (Å²) in [7, 11) is 0. The number of rotatable bonds is 4. The van der Waals surface area contributed by atoms with Crippen LogP contribution in [0, 0.1) is 31.5 Å². The highest BCUT2D eigenvalue weighted by Gasteiger charge is 2.33. The molecule has 1 aromatic rings. The molecule has 0 amide bonds. The first-order valence-electron chi connectivity index (χ1n) is 7.54. The van der Waals surface area contributed by atoms with Gasteiger partial charge in [0.15, 0.2) is 0 Å². The van der Waals surface area contributed by atoms with Crippen molar-refractivity contribution in [2.75, 3.05) is 6.54 Å². The molecular weight excluding hydrogens is 237 g/mol. The Labute approximate surface area is 116 Å². The van der Waals surface area contributed by atoms with Gasteiger partial charge in [-0.2, -0.15) is 0 Å². The van der Waals surface area contributed by atoms with E-state index < -0.39 is 0 Å². The van der Waals surface area contributed by atoms with Crippen LogP contribution in [0.3, 0.4) is 0 Å². The van der Waals surface area contributed by atoms with E-state index in [1.807, 2.05) is 13.8 Å². The first-order chi connectivity index (χ1) is 9.04. The zero-order valence-corrected chi connectivity index (χ0v) is 12.6. The second-order valence-corrected chi connectivity index (χ2v) is 6.08. The van der Waals surface area contributed by atoms with E-state index in [1.165, 1.54) is 19.3 Å². The Kier molecular flexibility index (Phi) is 4.62. The second kappa shape index (κ2) is 6.04. The minimum atomic E-state index is -0.0393. The van der Waals surface area contributed by atoms with Gasteiger partial charge in [0.05, 0.1) is 0 Å². The largest absolute Gasteiger partial charge is 0.310 e. The summed E-state index contributed by atoms with van der Waals surface area (Å²) >= 11 is 0. The van der Waals surface area contributed by atoms with Gasteiger partial charge in [0.2, 0.25) is 0 Å². The minimum absolute atomic E-state index is 0.0393. The highest BCUT2D eigenvalue weighted by molar-refractivity contribution is 5.35. The lowest BCUT2D eigenvalue weighted by Crippen LogP contribution is -2.31.